The Kier molecular flexibility index (Phi) is 4.17. The zero-order valence-electron chi connectivity index (χ0n) is 9.88. The van der Waals surface area contributed by atoms with Gasteiger partial charge in [0, 0.05) is 10.0 Å². The number of amides is 1. The molecule has 1 heterocycles. The number of carbonyl (C=O) groups is 1. The third-order valence-corrected chi connectivity index (χ3v) is 3.57. The van der Waals surface area contributed by atoms with E-state index in [0.717, 1.165) is 16.2 Å². The summed E-state index contributed by atoms with van der Waals surface area (Å²) in [4.78, 5) is 16.1. The van der Waals surface area contributed by atoms with Crippen molar-refractivity contribution < 1.29 is 9.18 Å². The monoisotopic (exact) mass is 342 g/mol. The molecule has 6 heteroatoms. The molecule has 0 saturated heterocycles. The summed E-state index contributed by atoms with van der Waals surface area (Å²) >= 11 is 8.95. The molecule has 0 aliphatic carbocycles. The highest BCUT2D eigenvalue weighted by atomic mass is 79.9. The number of pyridine rings is 1. The lowest BCUT2D eigenvalue weighted by Crippen LogP contribution is -2.13. The number of nitrogens with zero attached hydrogens (tertiary/aromatic N) is 1. The van der Waals surface area contributed by atoms with Crippen LogP contribution in [0.1, 0.15) is 16.1 Å². The predicted molar refractivity (Wildman–Crippen MR) is 76.0 cm³/mol. The molecule has 0 aliphatic rings. The standard InChI is InChI=1S/C13H9BrClFN2O/c1-7-9(14)3-5-12(17-7)18-13(19)8-2-4-11(16)10(15)6-8/h2-6H,1H3,(H,17,18,19). The predicted octanol–water partition coefficient (Wildman–Crippen LogP) is 4.20. The fourth-order valence-corrected chi connectivity index (χ4v) is 1.84. The molecule has 0 aliphatic heterocycles. The first-order chi connectivity index (χ1) is 8.97. The fourth-order valence-electron chi connectivity index (χ4n) is 1.44. The number of rotatable bonds is 2. The van der Waals surface area contributed by atoms with Crippen LogP contribution < -0.4 is 5.32 Å². The van der Waals surface area contributed by atoms with Crippen molar-refractivity contribution in [2.45, 2.75) is 6.92 Å². The second kappa shape index (κ2) is 5.67. The average Bonchev–Trinajstić information content (AvgIpc) is 2.37. The van der Waals surface area contributed by atoms with Gasteiger partial charge in [-0.25, -0.2) is 9.37 Å². The third-order valence-electron chi connectivity index (χ3n) is 2.44. The van der Waals surface area contributed by atoms with Crippen LogP contribution in [0.15, 0.2) is 34.8 Å². The molecule has 19 heavy (non-hydrogen) atoms. The van der Waals surface area contributed by atoms with Crippen LogP contribution in [0.5, 0.6) is 0 Å². The Morgan fingerprint density at radius 1 is 1.37 bits per heavy atom. The van der Waals surface area contributed by atoms with Crippen molar-refractivity contribution in [3.05, 3.63) is 56.9 Å². The van der Waals surface area contributed by atoms with Gasteiger partial charge in [0.2, 0.25) is 0 Å². The summed E-state index contributed by atoms with van der Waals surface area (Å²) in [7, 11) is 0. The van der Waals surface area contributed by atoms with E-state index in [-0.39, 0.29) is 10.6 Å². The number of benzene rings is 1. The summed E-state index contributed by atoms with van der Waals surface area (Å²) in [6, 6.07) is 7.24. The Hall–Kier alpha value is -1.46. The van der Waals surface area contributed by atoms with E-state index in [1.54, 1.807) is 12.1 Å². The number of hydrogen-bond acceptors (Lipinski definition) is 2. The molecule has 2 aromatic rings. The van der Waals surface area contributed by atoms with Crippen LogP contribution in [0, 0.1) is 12.7 Å². The van der Waals surface area contributed by atoms with Gasteiger partial charge >= 0.3 is 0 Å². The smallest absolute Gasteiger partial charge is 0.256 e. The number of carbonyl (C=O) groups excluding carboxylic acids is 1. The summed E-state index contributed by atoms with van der Waals surface area (Å²) in [6.45, 7) is 1.81. The molecule has 0 atom stereocenters. The van der Waals surface area contributed by atoms with Crippen molar-refractivity contribution in [1.29, 1.82) is 0 Å². The van der Waals surface area contributed by atoms with E-state index in [4.69, 9.17) is 11.6 Å². The van der Waals surface area contributed by atoms with Gasteiger partial charge in [-0.15, -0.1) is 0 Å². The molecule has 2 rings (SSSR count). The van der Waals surface area contributed by atoms with Gasteiger partial charge < -0.3 is 5.32 Å². The van der Waals surface area contributed by atoms with Crippen LogP contribution in [-0.2, 0) is 0 Å². The first-order valence-electron chi connectivity index (χ1n) is 5.37. The van der Waals surface area contributed by atoms with Gasteiger partial charge in [0.25, 0.3) is 5.91 Å². The molecule has 0 spiro atoms. The zero-order valence-corrected chi connectivity index (χ0v) is 12.2. The highest BCUT2D eigenvalue weighted by Gasteiger charge is 2.10. The largest absolute Gasteiger partial charge is 0.307 e. The van der Waals surface area contributed by atoms with Gasteiger partial charge in [0.15, 0.2) is 0 Å². The van der Waals surface area contributed by atoms with Crippen molar-refractivity contribution in [1.82, 2.24) is 4.98 Å². The first-order valence-corrected chi connectivity index (χ1v) is 6.54. The molecule has 1 aromatic heterocycles. The van der Waals surface area contributed by atoms with E-state index in [1.165, 1.54) is 12.1 Å². The Balaban J connectivity index is 2.20. The van der Waals surface area contributed by atoms with E-state index in [9.17, 15) is 9.18 Å². The molecule has 0 saturated carbocycles. The Morgan fingerprint density at radius 3 is 2.74 bits per heavy atom. The second-order valence-electron chi connectivity index (χ2n) is 3.85. The lowest BCUT2D eigenvalue weighted by Gasteiger charge is -2.06. The Labute approximate surface area is 122 Å². The van der Waals surface area contributed by atoms with Crippen LogP contribution >= 0.6 is 27.5 Å². The van der Waals surface area contributed by atoms with Gasteiger partial charge in [0.05, 0.1) is 10.7 Å². The van der Waals surface area contributed by atoms with Gasteiger partial charge in [-0.05, 0) is 53.2 Å². The number of aromatic nitrogens is 1. The second-order valence-corrected chi connectivity index (χ2v) is 5.11. The van der Waals surface area contributed by atoms with Crippen molar-refractivity contribution in [3.63, 3.8) is 0 Å². The van der Waals surface area contributed by atoms with Gasteiger partial charge in [-0.2, -0.15) is 0 Å². The summed E-state index contributed by atoms with van der Waals surface area (Å²) < 4.78 is 13.9. The maximum Gasteiger partial charge on any atom is 0.256 e. The highest BCUT2D eigenvalue weighted by Crippen LogP contribution is 2.19. The number of anilines is 1. The SMILES string of the molecule is Cc1nc(NC(=O)c2ccc(F)c(Cl)c2)ccc1Br. The minimum atomic E-state index is -0.559. The van der Waals surface area contributed by atoms with Gasteiger partial charge in [0.1, 0.15) is 11.6 Å². The molecule has 1 aromatic carbocycles. The molecule has 98 valence electrons. The number of nitrogens with one attached hydrogen (secondary N) is 1. The molecule has 0 fully saturated rings. The van der Waals surface area contributed by atoms with Crippen LogP contribution in [-0.4, -0.2) is 10.9 Å². The Morgan fingerprint density at radius 2 is 2.11 bits per heavy atom. The lowest BCUT2D eigenvalue weighted by molar-refractivity contribution is 0.102. The summed E-state index contributed by atoms with van der Waals surface area (Å²) in [5.41, 5.74) is 1.03. The normalized spacial score (nSPS) is 10.3. The average molecular weight is 344 g/mol. The molecule has 0 radical (unpaired) electrons. The van der Waals surface area contributed by atoms with Crippen molar-refractivity contribution in [3.8, 4) is 0 Å². The molecule has 0 bridgehead atoms. The maximum atomic E-state index is 13.0. The number of aryl methyl sites for hydroxylation is 1. The van der Waals surface area contributed by atoms with Crippen molar-refractivity contribution >= 4 is 39.3 Å². The summed E-state index contributed by atoms with van der Waals surface area (Å²) in [6.07, 6.45) is 0. The van der Waals surface area contributed by atoms with E-state index < -0.39 is 11.7 Å². The minimum Gasteiger partial charge on any atom is -0.307 e. The first kappa shape index (κ1) is 14.0. The van der Waals surface area contributed by atoms with E-state index in [2.05, 4.69) is 26.2 Å². The maximum absolute atomic E-state index is 13.0. The fraction of sp³-hybridized carbons (Fsp3) is 0.0769. The van der Waals surface area contributed by atoms with Gasteiger partial charge in [-0.1, -0.05) is 11.6 Å². The topological polar surface area (TPSA) is 42.0 Å². The van der Waals surface area contributed by atoms with E-state index in [1.807, 2.05) is 6.92 Å². The minimum absolute atomic E-state index is 0.0902. The van der Waals surface area contributed by atoms with Crippen molar-refractivity contribution in [2.24, 2.45) is 0 Å². The van der Waals surface area contributed by atoms with Crippen LogP contribution in [0.3, 0.4) is 0 Å². The van der Waals surface area contributed by atoms with Crippen LogP contribution in [0.2, 0.25) is 5.02 Å². The van der Waals surface area contributed by atoms with E-state index >= 15 is 0 Å². The number of halogens is 3. The highest BCUT2D eigenvalue weighted by molar-refractivity contribution is 9.10. The molecule has 1 N–H and O–H groups in total. The summed E-state index contributed by atoms with van der Waals surface area (Å²) in [5.74, 6) is -0.530. The zero-order chi connectivity index (χ0) is 14.0. The summed E-state index contributed by atoms with van der Waals surface area (Å²) in [5, 5.41) is 2.53. The molecule has 3 nitrogen and oxygen atoms in total. The molecule has 1 amide bonds. The lowest BCUT2D eigenvalue weighted by atomic mass is 10.2. The third kappa shape index (κ3) is 3.30. The Bertz CT molecular complexity index is 649. The van der Waals surface area contributed by atoms with E-state index in [0.29, 0.717) is 5.82 Å². The molecular weight excluding hydrogens is 335 g/mol. The molecular formula is C13H9BrClFN2O. The number of hydrogen-bond donors (Lipinski definition) is 1. The van der Waals surface area contributed by atoms with Crippen molar-refractivity contribution in [2.75, 3.05) is 5.32 Å². The van der Waals surface area contributed by atoms with Gasteiger partial charge in [-0.3, -0.25) is 4.79 Å². The van der Waals surface area contributed by atoms with Crippen LogP contribution in [0.4, 0.5) is 10.2 Å². The quantitative estimate of drug-likeness (QED) is 0.888. The van der Waals surface area contributed by atoms with Crippen LogP contribution in [0.25, 0.3) is 0 Å². The molecule has 0 unspecified atom stereocenters.